The number of amides is 1. The summed E-state index contributed by atoms with van der Waals surface area (Å²) in [5, 5.41) is 3.00. The molecule has 4 nitrogen and oxygen atoms in total. The Kier molecular flexibility index (Phi) is 4.48. The smallest absolute Gasteiger partial charge is 0.270 e. The first-order chi connectivity index (χ1) is 11.2. The highest BCUT2D eigenvalue weighted by Crippen LogP contribution is 2.22. The lowest BCUT2D eigenvalue weighted by atomic mass is 10.2. The summed E-state index contributed by atoms with van der Waals surface area (Å²) in [6.07, 6.45) is 1.75. The summed E-state index contributed by atoms with van der Waals surface area (Å²) >= 11 is 1.64. The number of carbonyl (C=O) groups excluding carboxylic acids is 1. The van der Waals surface area contributed by atoms with Crippen LogP contribution in [0.25, 0.3) is 10.9 Å². The second-order valence-electron chi connectivity index (χ2n) is 5.19. The van der Waals surface area contributed by atoms with Gasteiger partial charge in [0.2, 0.25) is 0 Å². The molecule has 118 valence electrons. The van der Waals surface area contributed by atoms with Crippen LogP contribution in [0.3, 0.4) is 0 Å². The van der Waals surface area contributed by atoms with E-state index in [1.165, 1.54) is 0 Å². The molecule has 23 heavy (non-hydrogen) atoms. The van der Waals surface area contributed by atoms with Gasteiger partial charge in [-0.1, -0.05) is 12.1 Å². The zero-order valence-corrected chi connectivity index (χ0v) is 13.7. The van der Waals surface area contributed by atoms with Gasteiger partial charge in [-0.3, -0.25) is 4.79 Å². The molecule has 0 spiro atoms. The Morgan fingerprint density at radius 1 is 1.39 bits per heavy atom. The standard InChI is InChI=1S/C18H18N2O2S/c1-3-8-20(12-15-5-4-9-23-15)18(21)17-10-13-6-7-14(22-2)11-16(13)19-17/h3-7,9-11,19H,1,8,12H2,2H3. The molecular formula is C18H18N2O2S. The lowest BCUT2D eigenvalue weighted by Gasteiger charge is -2.19. The summed E-state index contributed by atoms with van der Waals surface area (Å²) in [5.41, 5.74) is 1.47. The number of hydrogen-bond acceptors (Lipinski definition) is 3. The van der Waals surface area contributed by atoms with Gasteiger partial charge in [0.05, 0.1) is 13.7 Å². The van der Waals surface area contributed by atoms with Crippen molar-refractivity contribution in [3.63, 3.8) is 0 Å². The van der Waals surface area contributed by atoms with E-state index in [2.05, 4.69) is 11.6 Å². The van der Waals surface area contributed by atoms with Crippen molar-refractivity contribution >= 4 is 28.1 Å². The number of carbonyl (C=O) groups is 1. The molecule has 5 heteroatoms. The number of aromatic amines is 1. The van der Waals surface area contributed by atoms with Crippen molar-refractivity contribution < 1.29 is 9.53 Å². The maximum absolute atomic E-state index is 12.8. The van der Waals surface area contributed by atoms with Crippen molar-refractivity contribution in [1.82, 2.24) is 9.88 Å². The predicted octanol–water partition coefficient (Wildman–Crippen LogP) is 4.07. The minimum Gasteiger partial charge on any atom is -0.497 e. The predicted molar refractivity (Wildman–Crippen MR) is 94.1 cm³/mol. The summed E-state index contributed by atoms with van der Waals surface area (Å²) in [5.74, 6) is 0.730. The molecule has 1 amide bonds. The van der Waals surface area contributed by atoms with Crippen LogP contribution in [0.4, 0.5) is 0 Å². The SMILES string of the molecule is C=CCN(Cc1cccs1)C(=O)c1cc2ccc(OC)cc2[nH]1. The van der Waals surface area contributed by atoms with Crippen LogP contribution in [0.1, 0.15) is 15.4 Å². The topological polar surface area (TPSA) is 45.3 Å². The highest BCUT2D eigenvalue weighted by molar-refractivity contribution is 7.09. The summed E-state index contributed by atoms with van der Waals surface area (Å²) < 4.78 is 5.22. The highest BCUT2D eigenvalue weighted by Gasteiger charge is 2.17. The van der Waals surface area contributed by atoms with Gasteiger partial charge in [0.15, 0.2) is 0 Å². The normalized spacial score (nSPS) is 10.7. The van der Waals surface area contributed by atoms with Gasteiger partial charge in [0.1, 0.15) is 11.4 Å². The van der Waals surface area contributed by atoms with E-state index in [4.69, 9.17) is 4.74 Å². The maximum atomic E-state index is 12.8. The number of nitrogens with zero attached hydrogens (tertiary/aromatic N) is 1. The molecule has 0 aliphatic carbocycles. The number of fused-ring (bicyclic) bond motifs is 1. The molecule has 1 N–H and O–H groups in total. The van der Waals surface area contributed by atoms with Crippen LogP contribution < -0.4 is 4.74 Å². The van der Waals surface area contributed by atoms with E-state index in [-0.39, 0.29) is 5.91 Å². The van der Waals surface area contributed by atoms with E-state index >= 15 is 0 Å². The largest absolute Gasteiger partial charge is 0.497 e. The second kappa shape index (κ2) is 6.71. The fourth-order valence-electron chi connectivity index (χ4n) is 2.48. The Morgan fingerprint density at radius 3 is 2.96 bits per heavy atom. The molecule has 3 rings (SSSR count). The molecule has 0 bridgehead atoms. The number of nitrogens with one attached hydrogen (secondary N) is 1. The first kappa shape index (κ1) is 15.4. The molecular weight excluding hydrogens is 308 g/mol. The van der Waals surface area contributed by atoms with Crippen molar-refractivity contribution in [3.05, 3.63) is 65.0 Å². The molecule has 0 saturated carbocycles. The fraction of sp³-hybridized carbons (Fsp3) is 0.167. The monoisotopic (exact) mass is 326 g/mol. The van der Waals surface area contributed by atoms with Gasteiger partial charge in [-0.2, -0.15) is 0 Å². The Morgan fingerprint density at radius 2 is 2.26 bits per heavy atom. The summed E-state index contributed by atoms with van der Waals surface area (Å²) in [4.78, 5) is 18.9. The van der Waals surface area contributed by atoms with E-state index in [9.17, 15) is 4.79 Å². The average molecular weight is 326 g/mol. The molecule has 3 aromatic rings. The van der Waals surface area contributed by atoms with Crippen LogP contribution in [0, 0.1) is 0 Å². The molecule has 0 fully saturated rings. The minimum atomic E-state index is -0.0338. The Balaban J connectivity index is 1.88. The van der Waals surface area contributed by atoms with Crippen LogP contribution in [-0.2, 0) is 6.54 Å². The Labute approximate surface area is 139 Å². The van der Waals surface area contributed by atoms with E-state index in [0.29, 0.717) is 18.8 Å². The maximum Gasteiger partial charge on any atom is 0.270 e. The number of methoxy groups -OCH3 is 1. The molecule has 2 heterocycles. The minimum absolute atomic E-state index is 0.0338. The van der Waals surface area contributed by atoms with Crippen molar-refractivity contribution in [1.29, 1.82) is 0 Å². The number of ether oxygens (including phenoxy) is 1. The summed E-state index contributed by atoms with van der Waals surface area (Å²) in [6, 6.07) is 11.6. The molecule has 2 aromatic heterocycles. The third-order valence-corrected chi connectivity index (χ3v) is 4.48. The number of thiophene rings is 1. The zero-order chi connectivity index (χ0) is 16.2. The van der Waals surface area contributed by atoms with Gasteiger partial charge in [-0.15, -0.1) is 17.9 Å². The molecule has 1 aromatic carbocycles. The first-order valence-electron chi connectivity index (χ1n) is 7.30. The van der Waals surface area contributed by atoms with Crippen molar-refractivity contribution in [2.24, 2.45) is 0 Å². The molecule has 0 saturated heterocycles. The van der Waals surface area contributed by atoms with Crippen molar-refractivity contribution in [2.45, 2.75) is 6.54 Å². The van der Waals surface area contributed by atoms with Crippen LogP contribution in [0.5, 0.6) is 5.75 Å². The third kappa shape index (κ3) is 3.29. The van der Waals surface area contributed by atoms with E-state index in [0.717, 1.165) is 21.5 Å². The third-order valence-electron chi connectivity index (χ3n) is 3.62. The number of H-pyrrole nitrogens is 1. The fourth-order valence-corrected chi connectivity index (χ4v) is 3.20. The molecule has 0 atom stereocenters. The molecule has 0 unspecified atom stereocenters. The van der Waals surface area contributed by atoms with Crippen LogP contribution in [0.15, 0.2) is 54.4 Å². The van der Waals surface area contributed by atoms with Crippen molar-refractivity contribution in [2.75, 3.05) is 13.7 Å². The Hall–Kier alpha value is -2.53. The molecule has 0 radical (unpaired) electrons. The van der Waals surface area contributed by atoms with Gasteiger partial charge in [-0.05, 0) is 29.6 Å². The van der Waals surface area contributed by atoms with Crippen LogP contribution in [0.2, 0.25) is 0 Å². The van der Waals surface area contributed by atoms with E-state index < -0.39 is 0 Å². The van der Waals surface area contributed by atoms with Gasteiger partial charge in [0, 0.05) is 28.4 Å². The zero-order valence-electron chi connectivity index (χ0n) is 12.9. The summed E-state index contributed by atoms with van der Waals surface area (Å²) in [7, 11) is 1.63. The average Bonchev–Trinajstić information content (AvgIpc) is 3.22. The first-order valence-corrected chi connectivity index (χ1v) is 8.18. The van der Waals surface area contributed by atoms with Gasteiger partial charge < -0.3 is 14.6 Å². The van der Waals surface area contributed by atoms with Gasteiger partial charge in [-0.25, -0.2) is 0 Å². The van der Waals surface area contributed by atoms with Crippen LogP contribution >= 0.6 is 11.3 Å². The summed E-state index contributed by atoms with van der Waals surface area (Å²) in [6.45, 7) is 4.85. The lowest BCUT2D eigenvalue weighted by molar-refractivity contribution is 0.0759. The van der Waals surface area contributed by atoms with Crippen molar-refractivity contribution in [3.8, 4) is 5.75 Å². The number of hydrogen-bond donors (Lipinski definition) is 1. The Bertz CT molecular complexity index is 821. The van der Waals surface area contributed by atoms with Gasteiger partial charge >= 0.3 is 0 Å². The van der Waals surface area contributed by atoms with Crippen LogP contribution in [-0.4, -0.2) is 29.4 Å². The van der Waals surface area contributed by atoms with Gasteiger partial charge in [0.25, 0.3) is 5.91 Å². The van der Waals surface area contributed by atoms with E-state index in [1.54, 1.807) is 29.4 Å². The second-order valence-corrected chi connectivity index (χ2v) is 6.22. The molecule has 0 aliphatic rings. The molecule has 0 aliphatic heterocycles. The number of rotatable bonds is 6. The number of benzene rings is 1. The van der Waals surface area contributed by atoms with E-state index in [1.807, 2.05) is 41.8 Å². The quantitative estimate of drug-likeness (QED) is 0.694. The highest BCUT2D eigenvalue weighted by atomic mass is 32.1. The lowest BCUT2D eigenvalue weighted by Crippen LogP contribution is -2.30. The number of aromatic nitrogens is 1.